The molecule has 0 spiro atoms. The molecule has 116 valence electrons. The Kier molecular flexibility index (Phi) is 5.38. The van der Waals surface area contributed by atoms with Gasteiger partial charge in [-0.3, -0.25) is 0 Å². The van der Waals surface area contributed by atoms with Crippen LogP contribution in [-0.4, -0.2) is 30.9 Å². The maximum atomic E-state index is 13.6. The number of aliphatic hydroxyl groups excluding tert-OH is 1. The van der Waals surface area contributed by atoms with E-state index in [0.29, 0.717) is 18.7 Å². The van der Waals surface area contributed by atoms with Gasteiger partial charge in [-0.15, -0.1) is 0 Å². The van der Waals surface area contributed by atoms with E-state index in [-0.39, 0.29) is 17.7 Å². The molecule has 1 saturated carbocycles. The summed E-state index contributed by atoms with van der Waals surface area (Å²) < 4.78 is 18.6. The monoisotopic (exact) mass is 296 g/mol. The summed E-state index contributed by atoms with van der Waals surface area (Å²) in [6, 6.07) is 3.70. The molecule has 1 aromatic carbocycles. The largest absolute Gasteiger partial charge is 0.497 e. The van der Waals surface area contributed by atoms with Gasteiger partial charge in [0.05, 0.1) is 18.9 Å². The number of hydrogen-bond donors (Lipinski definition) is 3. The standard InChI is InChI=1S/C15H21FN2O3/c1-21-12-5-6-13(16)14(8-12)18-15(20)17-9-10-3-2-4-11(19)7-10/h5-6,8,10-11,19H,2-4,7,9H2,1H3,(H2,17,18,20). The van der Waals surface area contributed by atoms with E-state index in [1.165, 1.54) is 25.3 Å². The highest BCUT2D eigenvalue weighted by Gasteiger charge is 2.20. The summed E-state index contributed by atoms with van der Waals surface area (Å²) in [5.74, 6) is 0.232. The molecule has 1 aliphatic carbocycles. The first-order chi connectivity index (χ1) is 10.1. The fourth-order valence-corrected chi connectivity index (χ4v) is 2.58. The number of rotatable bonds is 4. The molecule has 2 rings (SSSR count). The van der Waals surface area contributed by atoms with Gasteiger partial charge < -0.3 is 20.5 Å². The summed E-state index contributed by atoms with van der Waals surface area (Å²) >= 11 is 0. The van der Waals surface area contributed by atoms with Gasteiger partial charge in [0.1, 0.15) is 11.6 Å². The lowest BCUT2D eigenvalue weighted by Crippen LogP contribution is -2.35. The number of methoxy groups -OCH3 is 1. The first-order valence-corrected chi connectivity index (χ1v) is 7.15. The minimum atomic E-state index is -0.515. The third-order valence-electron chi connectivity index (χ3n) is 3.73. The van der Waals surface area contributed by atoms with Crippen molar-refractivity contribution in [2.45, 2.75) is 31.8 Å². The van der Waals surface area contributed by atoms with Crippen molar-refractivity contribution >= 4 is 11.7 Å². The van der Waals surface area contributed by atoms with E-state index in [4.69, 9.17) is 4.74 Å². The molecule has 6 heteroatoms. The number of carbonyl (C=O) groups is 1. The van der Waals surface area contributed by atoms with Crippen LogP contribution in [0.2, 0.25) is 0 Å². The third-order valence-corrected chi connectivity index (χ3v) is 3.73. The van der Waals surface area contributed by atoms with Gasteiger partial charge in [-0.1, -0.05) is 6.42 Å². The first-order valence-electron chi connectivity index (χ1n) is 7.15. The SMILES string of the molecule is COc1ccc(F)c(NC(=O)NCC2CCCC(O)C2)c1. The summed E-state index contributed by atoms with van der Waals surface area (Å²) in [6.07, 6.45) is 3.22. The molecule has 0 radical (unpaired) electrons. The van der Waals surface area contributed by atoms with Gasteiger partial charge in [0.25, 0.3) is 0 Å². The minimum Gasteiger partial charge on any atom is -0.497 e. The number of aliphatic hydroxyl groups is 1. The smallest absolute Gasteiger partial charge is 0.319 e. The highest BCUT2D eigenvalue weighted by molar-refractivity contribution is 5.89. The van der Waals surface area contributed by atoms with Crippen LogP contribution in [0.3, 0.4) is 0 Å². The molecular weight excluding hydrogens is 275 g/mol. The summed E-state index contributed by atoms with van der Waals surface area (Å²) in [6.45, 7) is 0.481. The van der Waals surface area contributed by atoms with Gasteiger partial charge in [-0.25, -0.2) is 9.18 Å². The molecule has 0 bridgehead atoms. The fourth-order valence-electron chi connectivity index (χ4n) is 2.58. The maximum Gasteiger partial charge on any atom is 0.319 e. The number of ether oxygens (including phenoxy) is 1. The zero-order valence-electron chi connectivity index (χ0n) is 12.1. The normalized spacial score (nSPS) is 21.7. The topological polar surface area (TPSA) is 70.6 Å². The number of hydrogen-bond acceptors (Lipinski definition) is 3. The second kappa shape index (κ2) is 7.26. The Morgan fingerprint density at radius 1 is 1.48 bits per heavy atom. The number of urea groups is 1. The average Bonchev–Trinajstić information content (AvgIpc) is 2.47. The molecule has 2 amide bonds. The van der Waals surface area contributed by atoms with Crippen LogP contribution in [0.4, 0.5) is 14.9 Å². The molecule has 1 aromatic rings. The van der Waals surface area contributed by atoms with Crippen LogP contribution in [0.1, 0.15) is 25.7 Å². The lowest BCUT2D eigenvalue weighted by Gasteiger charge is -2.25. The Labute approximate surface area is 123 Å². The molecule has 1 aliphatic rings. The maximum absolute atomic E-state index is 13.6. The number of nitrogens with one attached hydrogen (secondary N) is 2. The Bertz CT molecular complexity index is 496. The second-order valence-electron chi connectivity index (χ2n) is 5.37. The van der Waals surface area contributed by atoms with Crippen LogP contribution in [0.5, 0.6) is 5.75 Å². The minimum absolute atomic E-state index is 0.0792. The van der Waals surface area contributed by atoms with Gasteiger partial charge in [0, 0.05) is 12.6 Å². The van der Waals surface area contributed by atoms with E-state index < -0.39 is 11.8 Å². The highest BCUT2D eigenvalue weighted by atomic mass is 19.1. The first kappa shape index (κ1) is 15.6. The predicted octanol–water partition coefficient (Wildman–Crippen LogP) is 2.51. The Balaban J connectivity index is 1.84. The van der Waals surface area contributed by atoms with Crippen LogP contribution in [0.15, 0.2) is 18.2 Å². The summed E-state index contributed by atoms with van der Waals surface area (Å²) in [5, 5.41) is 14.8. The van der Waals surface area contributed by atoms with E-state index in [0.717, 1.165) is 19.3 Å². The molecule has 0 aromatic heterocycles. The summed E-state index contributed by atoms with van der Waals surface area (Å²) in [4.78, 5) is 11.8. The van der Waals surface area contributed by atoms with Crippen LogP contribution in [0.25, 0.3) is 0 Å². The number of carbonyl (C=O) groups excluding carboxylic acids is 1. The lowest BCUT2D eigenvalue weighted by molar-refractivity contribution is 0.101. The zero-order valence-corrected chi connectivity index (χ0v) is 12.1. The molecule has 2 atom stereocenters. The second-order valence-corrected chi connectivity index (χ2v) is 5.37. The zero-order chi connectivity index (χ0) is 15.2. The van der Waals surface area contributed by atoms with Gasteiger partial charge in [0.2, 0.25) is 0 Å². The number of amides is 2. The molecule has 5 nitrogen and oxygen atoms in total. The Morgan fingerprint density at radius 2 is 2.29 bits per heavy atom. The average molecular weight is 296 g/mol. The van der Waals surface area contributed by atoms with E-state index in [1.54, 1.807) is 0 Å². The van der Waals surface area contributed by atoms with E-state index >= 15 is 0 Å². The van der Waals surface area contributed by atoms with Crippen molar-refractivity contribution in [3.05, 3.63) is 24.0 Å². The Hall–Kier alpha value is -1.82. The molecule has 1 fully saturated rings. The van der Waals surface area contributed by atoms with Crippen LogP contribution >= 0.6 is 0 Å². The van der Waals surface area contributed by atoms with Crippen molar-refractivity contribution in [3.63, 3.8) is 0 Å². The van der Waals surface area contributed by atoms with Crippen molar-refractivity contribution in [2.75, 3.05) is 19.0 Å². The van der Waals surface area contributed by atoms with Crippen molar-refractivity contribution in [2.24, 2.45) is 5.92 Å². The summed E-state index contributed by atoms with van der Waals surface area (Å²) in [5.41, 5.74) is 0.0792. The molecule has 0 heterocycles. The number of benzene rings is 1. The molecule has 21 heavy (non-hydrogen) atoms. The van der Waals surface area contributed by atoms with Crippen molar-refractivity contribution < 1.29 is 19.0 Å². The predicted molar refractivity (Wildman–Crippen MR) is 77.9 cm³/mol. The number of halogens is 1. The fraction of sp³-hybridized carbons (Fsp3) is 0.533. The van der Waals surface area contributed by atoms with E-state index in [2.05, 4.69) is 10.6 Å². The molecule has 2 unspecified atom stereocenters. The van der Waals surface area contributed by atoms with E-state index in [1.807, 2.05) is 0 Å². The summed E-state index contributed by atoms with van der Waals surface area (Å²) in [7, 11) is 1.48. The Morgan fingerprint density at radius 3 is 3.00 bits per heavy atom. The van der Waals surface area contributed by atoms with Crippen molar-refractivity contribution in [1.82, 2.24) is 5.32 Å². The van der Waals surface area contributed by atoms with Gasteiger partial charge in [-0.2, -0.15) is 0 Å². The van der Waals surface area contributed by atoms with Crippen LogP contribution < -0.4 is 15.4 Å². The number of anilines is 1. The van der Waals surface area contributed by atoms with Crippen molar-refractivity contribution in [3.8, 4) is 5.75 Å². The van der Waals surface area contributed by atoms with Gasteiger partial charge in [-0.05, 0) is 37.3 Å². The van der Waals surface area contributed by atoms with Crippen molar-refractivity contribution in [1.29, 1.82) is 0 Å². The quantitative estimate of drug-likeness (QED) is 0.799. The lowest BCUT2D eigenvalue weighted by atomic mass is 9.87. The molecule has 0 aliphatic heterocycles. The molecular formula is C15H21FN2O3. The molecule has 0 saturated heterocycles. The van der Waals surface area contributed by atoms with Gasteiger partial charge in [0.15, 0.2) is 0 Å². The third kappa shape index (κ3) is 4.60. The van der Waals surface area contributed by atoms with Crippen LogP contribution in [0, 0.1) is 11.7 Å². The van der Waals surface area contributed by atoms with E-state index in [9.17, 15) is 14.3 Å². The highest BCUT2D eigenvalue weighted by Crippen LogP contribution is 2.24. The van der Waals surface area contributed by atoms with Crippen LogP contribution in [-0.2, 0) is 0 Å². The van der Waals surface area contributed by atoms with Gasteiger partial charge >= 0.3 is 6.03 Å². The molecule has 3 N–H and O–H groups in total.